The SMILES string of the molecule is CC(C)CCn1cccn1. The summed E-state index contributed by atoms with van der Waals surface area (Å²) in [4.78, 5) is 0. The molecular weight excluding hydrogens is 124 g/mol. The summed E-state index contributed by atoms with van der Waals surface area (Å²) in [6, 6.07) is 1.96. The minimum atomic E-state index is 0.768. The van der Waals surface area contributed by atoms with Gasteiger partial charge in [0, 0.05) is 18.9 Å². The van der Waals surface area contributed by atoms with E-state index in [1.807, 2.05) is 23.1 Å². The Hall–Kier alpha value is -0.790. The molecule has 0 amide bonds. The molecular formula is C8H14N2. The lowest BCUT2D eigenvalue weighted by Gasteiger charge is -2.03. The highest BCUT2D eigenvalue weighted by Gasteiger charge is 1.93. The van der Waals surface area contributed by atoms with Crippen molar-refractivity contribution in [1.82, 2.24) is 9.78 Å². The van der Waals surface area contributed by atoms with E-state index < -0.39 is 0 Å². The van der Waals surface area contributed by atoms with Gasteiger partial charge in [0.05, 0.1) is 0 Å². The van der Waals surface area contributed by atoms with Gasteiger partial charge in [-0.2, -0.15) is 5.10 Å². The highest BCUT2D eigenvalue weighted by atomic mass is 15.3. The molecule has 0 saturated heterocycles. The number of aryl methyl sites for hydroxylation is 1. The van der Waals surface area contributed by atoms with Crippen molar-refractivity contribution in [3.63, 3.8) is 0 Å². The lowest BCUT2D eigenvalue weighted by molar-refractivity contribution is 0.487. The van der Waals surface area contributed by atoms with E-state index in [2.05, 4.69) is 18.9 Å². The zero-order valence-corrected chi connectivity index (χ0v) is 6.62. The van der Waals surface area contributed by atoms with Gasteiger partial charge in [-0.1, -0.05) is 13.8 Å². The van der Waals surface area contributed by atoms with Crippen LogP contribution in [-0.2, 0) is 6.54 Å². The molecule has 0 aromatic carbocycles. The molecule has 1 aromatic rings. The van der Waals surface area contributed by atoms with Gasteiger partial charge in [-0.3, -0.25) is 4.68 Å². The maximum atomic E-state index is 4.10. The predicted octanol–water partition coefficient (Wildman–Crippen LogP) is 1.93. The molecule has 0 spiro atoms. The van der Waals surface area contributed by atoms with Crippen LogP contribution in [0.4, 0.5) is 0 Å². The first kappa shape index (κ1) is 7.32. The summed E-state index contributed by atoms with van der Waals surface area (Å²) in [5, 5.41) is 4.10. The van der Waals surface area contributed by atoms with Gasteiger partial charge in [0.1, 0.15) is 0 Å². The van der Waals surface area contributed by atoms with Crippen molar-refractivity contribution in [3.05, 3.63) is 18.5 Å². The smallest absolute Gasteiger partial charge is 0.0489 e. The van der Waals surface area contributed by atoms with Crippen molar-refractivity contribution >= 4 is 0 Å². The molecule has 0 saturated carbocycles. The fourth-order valence-corrected chi connectivity index (χ4v) is 0.823. The second kappa shape index (κ2) is 3.40. The summed E-state index contributed by atoms with van der Waals surface area (Å²) >= 11 is 0. The Labute approximate surface area is 61.9 Å². The Balaban J connectivity index is 2.28. The lowest BCUT2D eigenvalue weighted by atomic mass is 10.1. The van der Waals surface area contributed by atoms with E-state index in [1.165, 1.54) is 6.42 Å². The first-order valence-electron chi connectivity index (χ1n) is 3.76. The van der Waals surface area contributed by atoms with E-state index in [0.29, 0.717) is 0 Å². The Morgan fingerprint density at radius 3 is 2.80 bits per heavy atom. The number of hydrogen-bond acceptors (Lipinski definition) is 1. The van der Waals surface area contributed by atoms with Gasteiger partial charge < -0.3 is 0 Å². The van der Waals surface area contributed by atoms with E-state index in [9.17, 15) is 0 Å². The minimum Gasteiger partial charge on any atom is -0.273 e. The van der Waals surface area contributed by atoms with Crippen molar-refractivity contribution in [2.24, 2.45) is 5.92 Å². The maximum absolute atomic E-state index is 4.10. The van der Waals surface area contributed by atoms with E-state index in [-0.39, 0.29) is 0 Å². The van der Waals surface area contributed by atoms with E-state index >= 15 is 0 Å². The van der Waals surface area contributed by atoms with Crippen LogP contribution in [0.2, 0.25) is 0 Å². The van der Waals surface area contributed by atoms with Crippen molar-refractivity contribution < 1.29 is 0 Å². The number of aromatic nitrogens is 2. The molecule has 1 aromatic heterocycles. The topological polar surface area (TPSA) is 17.8 Å². The molecule has 0 unspecified atom stereocenters. The van der Waals surface area contributed by atoms with Gasteiger partial charge in [0.15, 0.2) is 0 Å². The van der Waals surface area contributed by atoms with Crippen LogP contribution in [0.3, 0.4) is 0 Å². The molecule has 0 atom stereocenters. The monoisotopic (exact) mass is 138 g/mol. The average molecular weight is 138 g/mol. The molecule has 10 heavy (non-hydrogen) atoms. The van der Waals surface area contributed by atoms with Gasteiger partial charge in [-0.25, -0.2) is 0 Å². The van der Waals surface area contributed by atoms with Crippen molar-refractivity contribution in [2.45, 2.75) is 26.8 Å². The normalized spacial score (nSPS) is 10.7. The lowest BCUT2D eigenvalue weighted by Crippen LogP contribution is -2.01. The zero-order valence-electron chi connectivity index (χ0n) is 6.62. The molecule has 1 heterocycles. The number of hydrogen-bond donors (Lipinski definition) is 0. The van der Waals surface area contributed by atoms with Crippen molar-refractivity contribution in [2.75, 3.05) is 0 Å². The third kappa shape index (κ3) is 2.21. The minimum absolute atomic E-state index is 0.768. The Kier molecular flexibility index (Phi) is 2.49. The zero-order chi connectivity index (χ0) is 7.40. The van der Waals surface area contributed by atoms with Crippen LogP contribution in [-0.4, -0.2) is 9.78 Å². The van der Waals surface area contributed by atoms with Gasteiger partial charge in [0.2, 0.25) is 0 Å². The summed E-state index contributed by atoms with van der Waals surface area (Å²) in [6.45, 7) is 5.50. The fraction of sp³-hybridized carbons (Fsp3) is 0.625. The second-order valence-electron chi connectivity index (χ2n) is 2.95. The highest BCUT2D eigenvalue weighted by Crippen LogP contribution is 2.00. The van der Waals surface area contributed by atoms with Crippen LogP contribution in [0.1, 0.15) is 20.3 Å². The molecule has 0 aliphatic heterocycles. The molecule has 0 aliphatic carbocycles. The third-order valence-electron chi connectivity index (χ3n) is 1.49. The summed E-state index contributed by atoms with van der Waals surface area (Å²) in [7, 11) is 0. The summed E-state index contributed by atoms with van der Waals surface area (Å²) in [6.07, 6.45) is 5.03. The fourth-order valence-electron chi connectivity index (χ4n) is 0.823. The molecule has 56 valence electrons. The van der Waals surface area contributed by atoms with Crippen LogP contribution in [0, 0.1) is 5.92 Å². The molecule has 0 N–H and O–H groups in total. The Bertz CT molecular complexity index is 165. The Morgan fingerprint density at radius 2 is 2.30 bits per heavy atom. The number of rotatable bonds is 3. The standard InChI is InChI=1S/C8H14N2/c1-8(2)4-7-10-6-3-5-9-10/h3,5-6,8H,4,7H2,1-2H3. The van der Waals surface area contributed by atoms with Gasteiger partial charge >= 0.3 is 0 Å². The second-order valence-corrected chi connectivity index (χ2v) is 2.95. The molecule has 2 heteroatoms. The molecule has 0 radical (unpaired) electrons. The largest absolute Gasteiger partial charge is 0.273 e. The predicted molar refractivity (Wildman–Crippen MR) is 41.7 cm³/mol. The Morgan fingerprint density at radius 1 is 1.50 bits per heavy atom. The summed E-state index contributed by atoms with van der Waals surface area (Å²) in [5.41, 5.74) is 0. The average Bonchev–Trinajstić information content (AvgIpc) is 2.34. The molecule has 0 fully saturated rings. The maximum Gasteiger partial charge on any atom is 0.0489 e. The van der Waals surface area contributed by atoms with E-state index in [4.69, 9.17) is 0 Å². The highest BCUT2D eigenvalue weighted by molar-refractivity contribution is 4.77. The van der Waals surface area contributed by atoms with Crippen LogP contribution in [0.5, 0.6) is 0 Å². The van der Waals surface area contributed by atoms with Crippen molar-refractivity contribution in [1.29, 1.82) is 0 Å². The van der Waals surface area contributed by atoms with Gasteiger partial charge in [-0.15, -0.1) is 0 Å². The third-order valence-corrected chi connectivity index (χ3v) is 1.49. The van der Waals surface area contributed by atoms with E-state index in [0.717, 1.165) is 12.5 Å². The molecule has 1 rings (SSSR count). The quantitative estimate of drug-likeness (QED) is 0.624. The van der Waals surface area contributed by atoms with Crippen molar-refractivity contribution in [3.8, 4) is 0 Å². The van der Waals surface area contributed by atoms with Gasteiger partial charge in [0.25, 0.3) is 0 Å². The number of nitrogens with zero attached hydrogens (tertiary/aromatic N) is 2. The van der Waals surface area contributed by atoms with Gasteiger partial charge in [-0.05, 0) is 18.4 Å². The van der Waals surface area contributed by atoms with Crippen LogP contribution in [0.15, 0.2) is 18.5 Å². The van der Waals surface area contributed by atoms with Crippen LogP contribution in [0.25, 0.3) is 0 Å². The summed E-state index contributed by atoms with van der Waals surface area (Å²) in [5.74, 6) is 0.768. The molecule has 0 bridgehead atoms. The first-order chi connectivity index (χ1) is 4.79. The van der Waals surface area contributed by atoms with Crippen LogP contribution >= 0.6 is 0 Å². The summed E-state index contributed by atoms with van der Waals surface area (Å²) < 4.78 is 1.97. The van der Waals surface area contributed by atoms with E-state index in [1.54, 1.807) is 0 Å². The first-order valence-corrected chi connectivity index (χ1v) is 3.76. The van der Waals surface area contributed by atoms with Crippen LogP contribution < -0.4 is 0 Å². The molecule has 0 aliphatic rings. The molecule has 2 nitrogen and oxygen atoms in total.